The third-order valence-electron chi connectivity index (χ3n) is 3.59. The van der Waals surface area contributed by atoms with E-state index in [9.17, 15) is 0 Å². The van der Waals surface area contributed by atoms with Gasteiger partial charge < -0.3 is 5.32 Å². The number of hydrogen-bond donors (Lipinski definition) is 1. The minimum Gasteiger partial charge on any atom is -0.317 e. The van der Waals surface area contributed by atoms with Gasteiger partial charge in [-0.1, -0.05) is 33.2 Å². The number of benzene rings is 1. The predicted molar refractivity (Wildman–Crippen MR) is 76.5 cm³/mol. The smallest absolute Gasteiger partial charge is 0.0329 e. The number of rotatable bonds is 4. The largest absolute Gasteiger partial charge is 0.317 e. The zero-order valence-electron chi connectivity index (χ0n) is 10.2. The van der Waals surface area contributed by atoms with Crippen LogP contribution in [0.2, 0.25) is 0 Å². The summed E-state index contributed by atoms with van der Waals surface area (Å²) in [6, 6.07) is 8.37. The molecule has 1 unspecified atom stereocenters. The lowest BCUT2D eigenvalue weighted by atomic mass is 9.80. The zero-order valence-corrected chi connectivity index (χ0v) is 11.8. The van der Waals surface area contributed by atoms with E-state index in [-0.39, 0.29) is 0 Å². The van der Waals surface area contributed by atoms with E-state index in [1.54, 1.807) is 0 Å². The molecule has 0 bridgehead atoms. The normalized spacial score (nSPS) is 18.1. The van der Waals surface area contributed by atoms with E-state index in [0.29, 0.717) is 18.4 Å². The van der Waals surface area contributed by atoms with Gasteiger partial charge in [-0.3, -0.25) is 0 Å². The maximum absolute atomic E-state index is 8.54. The van der Waals surface area contributed by atoms with Gasteiger partial charge in [0.05, 0.1) is 0 Å². The standard InChI is InChI=1S/C13H17BrN4/c14-12-3-1-10(2-4-12)13(9-17-18-15)11-5-7-16-8-6-11/h1-4,11,13,16H,5-9H2. The molecular formula is C13H17BrN4. The van der Waals surface area contributed by atoms with E-state index in [1.807, 2.05) is 0 Å². The van der Waals surface area contributed by atoms with Crippen molar-refractivity contribution in [3.63, 3.8) is 0 Å². The summed E-state index contributed by atoms with van der Waals surface area (Å²) in [6.45, 7) is 2.69. The Bertz CT molecular complexity index is 419. The third kappa shape index (κ3) is 3.48. The maximum Gasteiger partial charge on any atom is 0.0329 e. The van der Waals surface area contributed by atoms with Crippen LogP contribution >= 0.6 is 15.9 Å². The second-order valence-corrected chi connectivity index (χ2v) is 5.57. The molecule has 1 atom stereocenters. The third-order valence-corrected chi connectivity index (χ3v) is 4.12. The lowest BCUT2D eigenvalue weighted by Gasteiger charge is -2.30. The second kappa shape index (κ2) is 6.78. The number of hydrogen-bond acceptors (Lipinski definition) is 2. The van der Waals surface area contributed by atoms with Gasteiger partial charge in [0, 0.05) is 15.9 Å². The molecule has 5 heteroatoms. The molecule has 1 aliphatic heterocycles. The molecule has 0 saturated carbocycles. The van der Waals surface area contributed by atoms with Gasteiger partial charge >= 0.3 is 0 Å². The monoisotopic (exact) mass is 308 g/mol. The number of piperidine rings is 1. The first-order chi connectivity index (χ1) is 8.81. The van der Waals surface area contributed by atoms with Gasteiger partial charge in [-0.05, 0) is 61.0 Å². The molecule has 1 aromatic carbocycles. The van der Waals surface area contributed by atoms with Crippen molar-refractivity contribution in [2.75, 3.05) is 19.6 Å². The molecule has 1 aromatic rings. The Balaban J connectivity index is 2.17. The van der Waals surface area contributed by atoms with E-state index in [4.69, 9.17) is 5.53 Å². The van der Waals surface area contributed by atoms with Crippen LogP contribution in [0.3, 0.4) is 0 Å². The Labute approximate surface area is 116 Å². The zero-order chi connectivity index (χ0) is 12.8. The second-order valence-electron chi connectivity index (χ2n) is 4.66. The van der Waals surface area contributed by atoms with Crippen molar-refractivity contribution >= 4 is 15.9 Å². The number of nitrogens with one attached hydrogen (secondary N) is 1. The molecule has 1 fully saturated rings. The topological polar surface area (TPSA) is 60.8 Å². The molecule has 1 N–H and O–H groups in total. The highest BCUT2D eigenvalue weighted by molar-refractivity contribution is 9.10. The number of azide groups is 1. The number of halogens is 1. The summed E-state index contributed by atoms with van der Waals surface area (Å²) in [5.74, 6) is 0.953. The Kier molecular flexibility index (Phi) is 5.05. The first-order valence-electron chi connectivity index (χ1n) is 6.28. The van der Waals surface area contributed by atoms with E-state index in [0.717, 1.165) is 30.4 Å². The first-order valence-corrected chi connectivity index (χ1v) is 7.07. The van der Waals surface area contributed by atoms with Crippen LogP contribution in [0.25, 0.3) is 10.4 Å². The van der Waals surface area contributed by atoms with Crippen molar-refractivity contribution in [1.82, 2.24) is 5.32 Å². The van der Waals surface area contributed by atoms with Crippen LogP contribution in [0.15, 0.2) is 33.9 Å². The summed E-state index contributed by atoms with van der Waals surface area (Å²) in [4.78, 5) is 2.91. The molecule has 0 aromatic heterocycles. The minimum absolute atomic E-state index is 0.344. The summed E-state index contributed by atoms with van der Waals surface area (Å²) >= 11 is 3.45. The minimum atomic E-state index is 0.344. The van der Waals surface area contributed by atoms with Gasteiger partial charge in [0.2, 0.25) is 0 Å². The summed E-state index contributed by atoms with van der Waals surface area (Å²) < 4.78 is 1.08. The van der Waals surface area contributed by atoms with Crippen LogP contribution in [0.5, 0.6) is 0 Å². The molecule has 96 valence electrons. The maximum atomic E-state index is 8.54. The fourth-order valence-electron chi connectivity index (χ4n) is 2.61. The molecule has 1 saturated heterocycles. The van der Waals surface area contributed by atoms with Crippen molar-refractivity contribution in [3.8, 4) is 0 Å². The van der Waals surface area contributed by atoms with Gasteiger partial charge in [0.15, 0.2) is 0 Å². The van der Waals surface area contributed by atoms with Crippen LogP contribution in [0, 0.1) is 5.92 Å². The van der Waals surface area contributed by atoms with Gasteiger partial charge in [-0.2, -0.15) is 0 Å². The van der Waals surface area contributed by atoms with Crippen molar-refractivity contribution in [2.45, 2.75) is 18.8 Å². The molecule has 2 rings (SSSR count). The lowest BCUT2D eigenvalue weighted by Crippen LogP contribution is -2.31. The first kappa shape index (κ1) is 13.4. The van der Waals surface area contributed by atoms with Crippen molar-refractivity contribution in [2.24, 2.45) is 11.0 Å². The highest BCUT2D eigenvalue weighted by atomic mass is 79.9. The quantitative estimate of drug-likeness (QED) is 0.512. The van der Waals surface area contributed by atoms with E-state index in [2.05, 4.69) is 55.5 Å². The van der Waals surface area contributed by atoms with Crippen LogP contribution in [-0.2, 0) is 0 Å². The Morgan fingerprint density at radius 3 is 2.61 bits per heavy atom. The van der Waals surface area contributed by atoms with Crippen molar-refractivity contribution in [1.29, 1.82) is 0 Å². The summed E-state index contributed by atoms with van der Waals surface area (Å²) in [5, 5.41) is 7.17. The Morgan fingerprint density at radius 2 is 2.00 bits per heavy atom. The highest BCUT2D eigenvalue weighted by Gasteiger charge is 2.24. The molecule has 18 heavy (non-hydrogen) atoms. The molecular weight excluding hydrogens is 292 g/mol. The summed E-state index contributed by atoms with van der Waals surface area (Å²) in [7, 11) is 0. The van der Waals surface area contributed by atoms with Gasteiger partial charge in [-0.15, -0.1) is 0 Å². The summed E-state index contributed by atoms with van der Waals surface area (Å²) in [6.07, 6.45) is 2.31. The SMILES string of the molecule is [N-]=[N+]=NCC(c1ccc(Br)cc1)C1CCNCC1. The molecule has 1 aliphatic rings. The van der Waals surface area contributed by atoms with E-state index in [1.165, 1.54) is 5.56 Å². The molecule has 0 amide bonds. The van der Waals surface area contributed by atoms with Crippen LogP contribution < -0.4 is 5.32 Å². The van der Waals surface area contributed by atoms with Crippen LogP contribution in [0.1, 0.15) is 24.3 Å². The van der Waals surface area contributed by atoms with Crippen molar-refractivity contribution in [3.05, 3.63) is 44.7 Å². The highest BCUT2D eigenvalue weighted by Crippen LogP contribution is 2.32. The average molecular weight is 309 g/mol. The number of nitrogens with zero attached hydrogens (tertiary/aromatic N) is 3. The van der Waals surface area contributed by atoms with Crippen molar-refractivity contribution < 1.29 is 0 Å². The van der Waals surface area contributed by atoms with Crippen LogP contribution in [-0.4, -0.2) is 19.6 Å². The summed E-state index contributed by atoms with van der Waals surface area (Å²) in [5.41, 5.74) is 9.82. The average Bonchev–Trinajstić information content (AvgIpc) is 2.42. The van der Waals surface area contributed by atoms with Gasteiger partial charge in [-0.25, -0.2) is 0 Å². The molecule has 0 aliphatic carbocycles. The lowest BCUT2D eigenvalue weighted by molar-refractivity contribution is 0.321. The molecule has 4 nitrogen and oxygen atoms in total. The molecule has 1 heterocycles. The molecule has 0 radical (unpaired) electrons. The fourth-order valence-corrected chi connectivity index (χ4v) is 2.87. The van der Waals surface area contributed by atoms with E-state index >= 15 is 0 Å². The van der Waals surface area contributed by atoms with Crippen LogP contribution in [0.4, 0.5) is 0 Å². The van der Waals surface area contributed by atoms with E-state index < -0.39 is 0 Å². The Morgan fingerprint density at radius 1 is 1.33 bits per heavy atom. The van der Waals surface area contributed by atoms with Gasteiger partial charge in [0.25, 0.3) is 0 Å². The molecule has 0 spiro atoms. The fraction of sp³-hybridized carbons (Fsp3) is 0.538. The predicted octanol–water partition coefficient (Wildman–Crippen LogP) is 3.84. The van der Waals surface area contributed by atoms with Gasteiger partial charge in [0.1, 0.15) is 0 Å². The Hall–Kier alpha value is -1.03.